The van der Waals surface area contributed by atoms with Crippen molar-refractivity contribution in [2.45, 2.75) is 50.9 Å². The number of hydrogen-bond acceptors (Lipinski definition) is 2. The van der Waals surface area contributed by atoms with Crippen molar-refractivity contribution >= 4 is 5.91 Å². The Balaban J connectivity index is 1.58. The van der Waals surface area contributed by atoms with Crippen molar-refractivity contribution in [3.63, 3.8) is 0 Å². The number of aromatic nitrogens is 2. The first kappa shape index (κ1) is 13.4. The number of aromatic amines is 1. The van der Waals surface area contributed by atoms with Gasteiger partial charge >= 0.3 is 0 Å². The largest absolute Gasteiger partial charge is 0.342 e. The van der Waals surface area contributed by atoms with Gasteiger partial charge in [0.2, 0.25) is 5.91 Å². The van der Waals surface area contributed by atoms with Crippen LogP contribution in [-0.4, -0.2) is 34.1 Å². The monoisotopic (exact) mass is 273 g/mol. The number of nitrogens with one attached hydrogen (secondary N) is 1. The van der Waals surface area contributed by atoms with Crippen LogP contribution < -0.4 is 0 Å². The van der Waals surface area contributed by atoms with E-state index in [0.29, 0.717) is 18.2 Å². The van der Waals surface area contributed by atoms with E-state index in [1.807, 2.05) is 11.0 Å². The summed E-state index contributed by atoms with van der Waals surface area (Å²) in [6, 6.07) is 2.03. The molecule has 2 heterocycles. The Morgan fingerprint density at radius 3 is 3.10 bits per heavy atom. The Hall–Kier alpha value is -1.58. The Labute approximate surface area is 120 Å². The van der Waals surface area contributed by atoms with E-state index in [4.69, 9.17) is 0 Å². The lowest BCUT2D eigenvalue weighted by atomic mass is 9.93. The minimum atomic E-state index is 0.308. The number of likely N-dealkylation sites (tertiary alicyclic amines) is 1. The number of nitrogens with zero attached hydrogens (tertiary/aromatic N) is 2. The molecule has 0 aromatic carbocycles. The molecule has 1 aromatic heterocycles. The average molecular weight is 273 g/mol. The second kappa shape index (κ2) is 6.25. The van der Waals surface area contributed by atoms with E-state index < -0.39 is 0 Å². The van der Waals surface area contributed by atoms with Crippen molar-refractivity contribution < 1.29 is 4.79 Å². The number of carbonyl (C=O) groups excluding carboxylic acids is 1. The zero-order valence-corrected chi connectivity index (χ0v) is 12.0. The lowest BCUT2D eigenvalue weighted by Gasteiger charge is -2.32. The van der Waals surface area contributed by atoms with Crippen LogP contribution in [0.25, 0.3) is 0 Å². The minimum Gasteiger partial charge on any atom is -0.342 e. The van der Waals surface area contributed by atoms with Gasteiger partial charge in [-0.05, 0) is 44.6 Å². The summed E-state index contributed by atoms with van der Waals surface area (Å²) in [5.74, 6) is 0.734. The minimum absolute atomic E-state index is 0.308. The molecule has 4 heteroatoms. The molecule has 0 saturated carbocycles. The highest BCUT2D eigenvalue weighted by atomic mass is 16.2. The van der Waals surface area contributed by atoms with E-state index in [0.717, 1.165) is 38.8 Å². The number of allylic oxidation sites excluding steroid dienone is 1. The summed E-state index contributed by atoms with van der Waals surface area (Å²) >= 11 is 0. The maximum absolute atomic E-state index is 12.4. The molecule has 4 nitrogen and oxygen atoms in total. The molecule has 1 amide bonds. The molecular formula is C16H23N3O. The molecule has 1 aliphatic carbocycles. The van der Waals surface area contributed by atoms with Gasteiger partial charge < -0.3 is 4.90 Å². The van der Waals surface area contributed by atoms with Crippen molar-refractivity contribution in [3.8, 4) is 0 Å². The van der Waals surface area contributed by atoms with Gasteiger partial charge in [0.1, 0.15) is 0 Å². The fourth-order valence-corrected chi connectivity index (χ4v) is 3.32. The Morgan fingerprint density at radius 2 is 2.35 bits per heavy atom. The Kier molecular flexibility index (Phi) is 4.19. The molecule has 1 saturated heterocycles. The third kappa shape index (κ3) is 3.11. The molecule has 1 atom stereocenters. The predicted molar refractivity (Wildman–Crippen MR) is 78.3 cm³/mol. The third-order valence-electron chi connectivity index (χ3n) is 4.50. The van der Waals surface area contributed by atoms with Crippen molar-refractivity contribution in [3.05, 3.63) is 29.6 Å². The van der Waals surface area contributed by atoms with E-state index in [1.54, 1.807) is 6.20 Å². The number of amides is 1. The first-order valence-electron chi connectivity index (χ1n) is 7.78. The Bertz CT molecular complexity index is 478. The molecule has 0 unspecified atom stereocenters. The van der Waals surface area contributed by atoms with Gasteiger partial charge in [0, 0.05) is 37.3 Å². The predicted octanol–water partition coefficient (Wildman–Crippen LogP) is 3.01. The molecule has 0 bridgehead atoms. The molecule has 1 aromatic rings. The summed E-state index contributed by atoms with van der Waals surface area (Å²) in [5.41, 5.74) is 2.52. The third-order valence-corrected chi connectivity index (χ3v) is 4.50. The summed E-state index contributed by atoms with van der Waals surface area (Å²) in [7, 11) is 0. The van der Waals surface area contributed by atoms with Crippen molar-refractivity contribution in [2.24, 2.45) is 0 Å². The fraction of sp³-hybridized carbons (Fsp3) is 0.625. The molecule has 0 spiro atoms. The number of hydrogen-bond donors (Lipinski definition) is 1. The summed E-state index contributed by atoms with van der Waals surface area (Å²) in [5, 5.41) is 7.07. The quantitative estimate of drug-likeness (QED) is 0.861. The van der Waals surface area contributed by atoms with Crippen LogP contribution in [0.3, 0.4) is 0 Å². The van der Waals surface area contributed by atoms with Gasteiger partial charge in [0.15, 0.2) is 0 Å². The number of carbonyl (C=O) groups is 1. The second-order valence-corrected chi connectivity index (χ2v) is 5.98. The average Bonchev–Trinajstić information content (AvgIpc) is 3.03. The highest BCUT2D eigenvalue weighted by molar-refractivity contribution is 5.79. The maximum atomic E-state index is 12.4. The molecule has 0 radical (unpaired) electrons. The number of rotatable bonds is 3. The number of piperidine rings is 1. The second-order valence-electron chi connectivity index (χ2n) is 5.98. The van der Waals surface area contributed by atoms with Crippen molar-refractivity contribution in [1.82, 2.24) is 15.1 Å². The van der Waals surface area contributed by atoms with E-state index in [2.05, 4.69) is 16.3 Å². The van der Waals surface area contributed by atoms with Gasteiger partial charge in [-0.15, -0.1) is 0 Å². The molecule has 1 N–H and O–H groups in total. The maximum Gasteiger partial charge on any atom is 0.226 e. The van der Waals surface area contributed by atoms with Crippen LogP contribution >= 0.6 is 0 Å². The van der Waals surface area contributed by atoms with E-state index in [-0.39, 0.29) is 0 Å². The van der Waals surface area contributed by atoms with E-state index in [1.165, 1.54) is 24.1 Å². The number of H-pyrrole nitrogens is 1. The van der Waals surface area contributed by atoms with E-state index >= 15 is 0 Å². The highest BCUT2D eigenvalue weighted by Gasteiger charge is 2.25. The summed E-state index contributed by atoms with van der Waals surface area (Å²) in [6.07, 6.45) is 11.7. The van der Waals surface area contributed by atoms with Crippen LogP contribution in [0.1, 0.15) is 56.6 Å². The van der Waals surface area contributed by atoms with Crippen LogP contribution in [0.4, 0.5) is 0 Å². The van der Waals surface area contributed by atoms with Gasteiger partial charge in [-0.2, -0.15) is 5.10 Å². The first-order chi connectivity index (χ1) is 9.83. The lowest BCUT2D eigenvalue weighted by molar-refractivity contribution is -0.131. The molecule has 3 rings (SSSR count). The molecule has 1 fully saturated rings. The van der Waals surface area contributed by atoms with Crippen LogP contribution in [0.5, 0.6) is 0 Å². The highest BCUT2D eigenvalue weighted by Crippen LogP contribution is 2.27. The van der Waals surface area contributed by atoms with Gasteiger partial charge in [-0.25, -0.2) is 0 Å². The van der Waals surface area contributed by atoms with Crippen LogP contribution in [0, 0.1) is 0 Å². The molecule has 1 aliphatic heterocycles. The SMILES string of the molecule is O=C(CC1=CCCCC1)N1CCC[C@@H](c2ccn[nH]2)C1. The van der Waals surface area contributed by atoms with Gasteiger partial charge in [-0.3, -0.25) is 9.89 Å². The van der Waals surface area contributed by atoms with E-state index in [9.17, 15) is 4.79 Å². The molecule has 2 aliphatic rings. The van der Waals surface area contributed by atoms with Gasteiger partial charge in [0.25, 0.3) is 0 Å². The zero-order valence-electron chi connectivity index (χ0n) is 12.0. The van der Waals surface area contributed by atoms with Crippen LogP contribution in [-0.2, 0) is 4.79 Å². The summed E-state index contributed by atoms with van der Waals surface area (Å²) < 4.78 is 0. The van der Waals surface area contributed by atoms with Gasteiger partial charge in [-0.1, -0.05) is 11.6 Å². The first-order valence-corrected chi connectivity index (χ1v) is 7.78. The van der Waals surface area contributed by atoms with Gasteiger partial charge in [0.05, 0.1) is 0 Å². The standard InChI is InChI=1S/C16H23N3O/c20-16(11-13-5-2-1-3-6-13)19-10-4-7-14(12-19)15-8-9-17-18-15/h5,8-9,14H,1-4,6-7,10-12H2,(H,17,18)/t14-/m1/s1. The fourth-order valence-electron chi connectivity index (χ4n) is 3.32. The summed E-state index contributed by atoms with van der Waals surface area (Å²) in [6.45, 7) is 1.76. The topological polar surface area (TPSA) is 49.0 Å². The van der Waals surface area contributed by atoms with Crippen LogP contribution in [0.15, 0.2) is 23.9 Å². The summed E-state index contributed by atoms with van der Waals surface area (Å²) in [4.78, 5) is 14.5. The van der Waals surface area contributed by atoms with Crippen LogP contribution in [0.2, 0.25) is 0 Å². The smallest absolute Gasteiger partial charge is 0.226 e. The molecule has 108 valence electrons. The van der Waals surface area contributed by atoms with Crippen molar-refractivity contribution in [2.75, 3.05) is 13.1 Å². The Morgan fingerprint density at radius 1 is 1.40 bits per heavy atom. The normalized spacial score (nSPS) is 23.5. The zero-order chi connectivity index (χ0) is 13.8. The van der Waals surface area contributed by atoms with Crippen molar-refractivity contribution in [1.29, 1.82) is 0 Å². The molecule has 20 heavy (non-hydrogen) atoms. The lowest BCUT2D eigenvalue weighted by Crippen LogP contribution is -2.39. The molecular weight excluding hydrogens is 250 g/mol.